The van der Waals surface area contributed by atoms with E-state index in [1.165, 1.54) is 15.4 Å². The summed E-state index contributed by atoms with van der Waals surface area (Å²) in [6.45, 7) is 0.805. The molecule has 0 aliphatic carbocycles. The number of nitrogens with zero attached hydrogens (tertiary/aromatic N) is 2. The maximum atomic E-state index is 13.5. The molecule has 2 aliphatic heterocycles. The number of rotatable bonds is 1. The lowest BCUT2D eigenvalue weighted by molar-refractivity contribution is -0.138. The minimum absolute atomic E-state index is 0.257. The number of amides is 1. The number of anilines is 1. The van der Waals surface area contributed by atoms with Gasteiger partial charge < -0.3 is 4.90 Å². The summed E-state index contributed by atoms with van der Waals surface area (Å²) in [5.74, 6) is -0.880. The molecule has 2 atom stereocenters. The maximum absolute atomic E-state index is 13.5. The van der Waals surface area contributed by atoms with Gasteiger partial charge in [-0.1, -0.05) is 30.3 Å². The molecular weight excluding hydrogens is 353 g/mol. The molecule has 0 aromatic heterocycles. The maximum Gasteiger partial charge on any atom is 0.417 e. The zero-order valence-electron chi connectivity index (χ0n) is 13.0. The van der Waals surface area contributed by atoms with Crippen LogP contribution in [0.25, 0.3) is 0 Å². The summed E-state index contributed by atoms with van der Waals surface area (Å²) in [5.41, 5.74) is -0.133. The van der Waals surface area contributed by atoms with E-state index in [-0.39, 0.29) is 17.5 Å². The summed E-state index contributed by atoms with van der Waals surface area (Å²) >= 11 is 6.16. The molecule has 0 spiro atoms. The number of benzene rings is 2. The molecule has 0 bridgehead atoms. The smallest absolute Gasteiger partial charge is 0.303 e. The molecule has 130 valence electrons. The van der Waals surface area contributed by atoms with Crippen LogP contribution >= 0.6 is 11.8 Å². The molecule has 25 heavy (non-hydrogen) atoms. The van der Waals surface area contributed by atoms with Gasteiger partial charge in [0, 0.05) is 24.7 Å². The lowest BCUT2D eigenvalue weighted by Gasteiger charge is -2.39. The third kappa shape index (κ3) is 2.60. The van der Waals surface area contributed by atoms with E-state index < -0.39 is 17.6 Å². The molecule has 2 heterocycles. The zero-order valence-corrected chi connectivity index (χ0v) is 13.8. The lowest BCUT2D eigenvalue weighted by atomic mass is 9.82. The van der Waals surface area contributed by atoms with Crippen LogP contribution in [-0.4, -0.2) is 29.5 Å². The van der Waals surface area contributed by atoms with Crippen LogP contribution in [0, 0.1) is 0 Å². The first-order valence-corrected chi connectivity index (χ1v) is 8.21. The van der Waals surface area contributed by atoms with Gasteiger partial charge in [0.2, 0.25) is 0 Å². The Kier molecular flexibility index (Phi) is 3.77. The number of carbonyl (C=O) groups is 1. The predicted molar refractivity (Wildman–Crippen MR) is 88.7 cm³/mol. The molecule has 7 heteroatoms. The molecule has 0 N–H and O–H groups in total. The van der Waals surface area contributed by atoms with Crippen LogP contribution in [0.4, 0.5) is 18.9 Å². The Morgan fingerprint density at radius 2 is 1.72 bits per heavy atom. The molecule has 3 nitrogen and oxygen atoms in total. The van der Waals surface area contributed by atoms with Crippen molar-refractivity contribution in [3.8, 4) is 0 Å². The summed E-state index contributed by atoms with van der Waals surface area (Å²) in [7, 11) is 0. The van der Waals surface area contributed by atoms with Crippen molar-refractivity contribution >= 4 is 23.4 Å². The number of halogens is 4. The Morgan fingerprint density at radius 3 is 2.40 bits per heavy atom. The number of hydrogen-bond acceptors (Lipinski definition) is 2. The van der Waals surface area contributed by atoms with Gasteiger partial charge in [0.1, 0.15) is 0 Å². The Bertz CT molecular complexity index is 825. The van der Waals surface area contributed by atoms with Crippen molar-refractivity contribution in [2.75, 3.05) is 18.0 Å². The van der Waals surface area contributed by atoms with Crippen LogP contribution in [0.5, 0.6) is 0 Å². The predicted octanol–water partition coefficient (Wildman–Crippen LogP) is 4.29. The van der Waals surface area contributed by atoms with Crippen LogP contribution in [0.1, 0.15) is 27.4 Å². The number of carbonyl (C=O) groups excluding carboxylic acids is 1. The van der Waals surface area contributed by atoms with Gasteiger partial charge in [-0.25, -0.2) is 4.42 Å². The molecule has 0 unspecified atom stereocenters. The van der Waals surface area contributed by atoms with E-state index in [1.54, 1.807) is 36.4 Å². The second-order valence-electron chi connectivity index (χ2n) is 6.28. The zero-order chi connectivity index (χ0) is 17.8. The lowest BCUT2D eigenvalue weighted by Crippen LogP contribution is -2.49. The van der Waals surface area contributed by atoms with Gasteiger partial charge in [0.25, 0.3) is 5.91 Å². The van der Waals surface area contributed by atoms with E-state index >= 15 is 0 Å². The highest BCUT2D eigenvalue weighted by Crippen LogP contribution is 2.45. The van der Waals surface area contributed by atoms with E-state index in [1.807, 2.05) is 0 Å². The van der Waals surface area contributed by atoms with E-state index in [0.29, 0.717) is 24.3 Å². The first-order valence-electron chi connectivity index (χ1n) is 7.87. The minimum Gasteiger partial charge on any atom is -0.303 e. The topological polar surface area (TPSA) is 23.6 Å². The quantitative estimate of drug-likeness (QED) is 0.703. The fraction of sp³-hybridized carbons (Fsp3) is 0.278. The van der Waals surface area contributed by atoms with E-state index in [2.05, 4.69) is 0 Å². The molecule has 2 aliphatic rings. The Labute approximate surface area is 147 Å². The molecule has 2 aromatic carbocycles. The summed E-state index contributed by atoms with van der Waals surface area (Å²) in [6.07, 6.45) is -4.59. The molecular formula is C18H14ClF3N2O. The number of hydrogen-bond donors (Lipinski definition) is 0. The summed E-state index contributed by atoms with van der Waals surface area (Å²) in [4.78, 5) is 14.6. The van der Waals surface area contributed by atoms with Crippen LogP contribution in [0.15, 0.2) is 48.5 Å². The van der Waals surface area contributed by atoms with E-state index in [9.17, 15) is 18.0 Å². The third-order valence-corrected chi connectivity index (χ3v) is 5.12. The van der Waals surface area contributed by atoms with Crippen molar-refractivity contribution in [2.45, 2.75) is 18.1 Å². The summed E-state index contributed by atoms with van der Waals surface area (Å²) in [5, 5.41) is 0. The second-order valence-corrected chi connectivity index (χ2v) is 6.76. The highest BCUT2D eigenvalue weighted by molar-refractivity contribution is 6.14. The van der Waals surface area contributed by atoms with Crippen LogP contribution in [0.2, 0.25) is 0 Å². The fourth-order valence-corrected chi connectivity index (χ4v) is 4.12. The van der Waals surface area contributed by atoms with Gasteiger partial charge in [-0.2, -0.15) is 13.2 Å². The fourth-order valence-electron chi connectivity index (χ4n) is 3.83. The molecule has 0 saturated carbocycles. The van der Waals surface area contributed by atoms with Gasteiger partial charge in [0.05, 0.1) is 17.2 Å². The molecule has 1 fully saturated rings. The minimum atomic E-state index is -4.59. The van der Waals surface area contributed by atoms with Crippen molar-refractivity contribution in [1.29, 1.82) is 0 Å². The van der Waals surface area contributed by atoms with Crippen molar-refractivity contribution in [2.24, 2.45) is 0 Å². The number of fused-ring (bicyclic) bond motifs is 3. The van der Waals surface area contributed by atoms with E-state index in [0.717, 1.165) is 6.07 Å². The molecule has 4 rings (SSSR count). The SMILES string of the molecule is O=C1c2c(cccc2C(F)(F)F)[C@@H]2CN(Cl)C[C@@H]2N1c1ccccc1. The first kappa shape index (κ1) is 16.4. The average molecular weight is 367 g/mol. The number of alkyl halides is 3. The first-order chi connectivity index (χ1) is 11.9. The van der Waals surface area contributed by atoms with E-state index in [4.69, 9.17) is 11.8 Å². The van der Waals surface area contributed by atoms with Crippen molar-refractivity contribution in [3.63, 3.8) is 0 Å². The van der Waals surface area contributed by atoms with Gasteiger partial charge in [-0.15, -0.1) is 0 Å². The van der Waals surface area contributed by atoms with Crippen molar-refractivity contribution in [1.82, 2.24) is 4.42 Å². The Morgan fingerprint density at radius 1 is 1.00 bits per heavy atom. The van der Waals surface area contributed by atoms with Gasteiger partial charge in [-0.05, 0) is 35.5 Å². The molecule has 1 amide bonds. The summed E-state index contributed by atoms with van der Waals surface area (Å²) < 4.78 is 42.0. The van der Waals surface area contributed by atoms with Gasteiger partial charge in [0.15, 0.2) is 0 Å². The monoisotopic (exact) mass is 366 g/mol. The van der Waals surface area contributed by atoms with Crippen molar-refractivity contribution in [3.05, 3.63) is 65.2 Å². The number of para-hydroxylation sites is 1. The Hall–Kier alpha value is -2.05. The summed E-state index contributed by atoms with van der Waals surface area (Å²) in [6, 6.07) is 12.4. The van der Waals surface area contributed by atoms with Crippen molar-refractivity contribution < 1.29 is 18.0 Å². The normalized spacial score (nSPS) is 23.5. The molecule has 1 saturated heterocycles. The van der Waals surface area contributed by atoms with Gasteiger partial charge >= 0.3 is 6.18 Å². The Balaban J connectivity index is 1.93. The van der Waals surface area contributed by atoms with Gasteiger partial charge in [-0.3, -0.25) is 4.79 Å². The largest absolute Gasteiger partial charge is 0.417 e. The average Bonchev–Trinajstić information content (AvgIpc) is 2.96. The molecule has 2 aromatic rings. The second kappa shape index (κ2) is 5.75. The third-order valence-electron chi connectivity index (χ3n) is 4.84. The highest BCUT2D eigenvalue weighted by Gasteiger charge is 2.49. The van der Waals surface area contributed by atoms with Crippen LogP contribution < -0.4 is 4.90 Å². The van der Waals surface area contributed by atoms with Crippen LogP contribution in [-0.2, 0) is 6.18 Å². The molecule has 0 radical (unpaired) electrons. The highest BCUT2D eigenvalue weighted by atomic mass is 35.5. The van der Waals surface area contributed by atoms with Crippen LogP contribution in [0.3, 0.4) is 0 Å². The standard InChI is InChI=1S/C18H14ClF3N2O/c19-23-9-13-12-7-4-8-14(18(20,21)22)16(12)17(25)24(15(13)10-23)11-5-2-1-3-6-11/h1-8,13,15H,9-10H2/t13-,15-/m0/s1.